The van der Waals surface area contributed by atoms with Crippen molar-refractivity contribution in [3.63, 3.8) is 0 Å². The number of hydrogen-bond acceptors (Lipinski definition) is 0. The fraction of sp³-hybridized carbons (Fsp3) is 1.00. The Morgan fingerprint density at radius 1 is 0.387 bits per heavy atom. The van der Waals surface area contributed by atoms with E-state index in [-0.39, 0.29) is 0 Å². The second-order valence-electron chi connectivity index (χ2n) is 12.3. The molecule has 190 valence electrons. The van der Waals surface area contributed by atoms with E-state index in [1.54, 1.807) is 24.6 Å². The van der Waals surface area contributed by atoms with Crippen molar-refractivity contribution in [3.05, 3.63) is 0 Å². The number of unbranched alkanes of at least 4 members (excludes halogenated alkanes) is 15. The van der Waals surface area contributed by atoms with Crippen molar-refractivity contribution in [1.29, 1.82) is 0 Å². The standard InChI is InChI=1S/C30H65P/c1-8-9-10-11-12-13-14-15-16-17-18-19-20-21-22-23-24-31(25-28(2)3,26-29(4)5)27-30(6)7/h28-31H,8-27H2,1-7H3. The predicted octanol–water partition coefficient (Wildman–Crippen LogP) is 11.0. The van der Waals surface area contributed by atoms with Gasteiger partial charge in [0.15, 0.2) is 0 Å². The summed E-state index contributed by atoms with van der Waals surface area (Å²) in [6.07, 6.45) is 30.0. The van der Waals surface area contributed by atoms with Gasteiger partial charge in [0.1, 0.15) is 0 Å². The summed E-state index contributed by atoms with van der Waals surface area (Å²) < 4.78 is 0. The summed E-state index contributed by atoms with van der Waals surface area (Å²) in [5, 5.41) is 0. The molecule has 0 aromatic heterocycles. The molecule has 0 bridgehead atoms. The van der Waals surface area contributed by atoms with Crippen LogP contribution >= 0.6 is 7.26 Å². The van der Waals surface area contributed by atoms with Gasteiger partial charge in [-0.25, -0.2) is 0 Å². The van der Waals surface area contributed by atoms with E-state index in [1.807, 2.05) is 0 Å². The Labute approximate surface area is 200 Å². The van der Waals surface area contributed by atoms with Crippen LogP contribution in [0.5, 0.6) is 0 Å². The van der Waals surface area contributed by atoms with E-state index >= 15 is 0 Å². The molecule has 0 unspecified atom stereocenters. The summed E-state index contributed by atoms with van der Waals surface area (Å²) in [6.45, 7) is 17.1. The van der Waals surface area contributed by atoms with Crippen LogP contribution in [0.2, 0.25) is 0 Å². The Kier molecular flexibility index (Phi) is 21.3. The monoisotopic (exact) mass is 456 g/mol. The Bertz CT molecular complexity index is 331. The first-order chi connectivity index (χ1) is 14.8. The molecule has 31 heavy (non-hydrogen) atoms. The quantitative estimate of drug-likeness (QED) is 0.106. The van der Waals surface area contributed by atoms with Gasteiger partial charge in [0.2, 0.25) is 0 Å². The van der Waals surface area contributed by atoms with E-state index in [1.165, 1.54) is 103 Å². The summed E-state index contributed by atoms with van der Waals surface area (Å²) in [4.78, 5) is 0. The zero-order chi connectivity index (χ0) is 23.4. The molecule has 0 aliphatic carbocycles. The van der Waals surface area contributed by atoms with E-state index in [0.29, 0.717) is 0 Å². The normalized spacial score (nSPS) is 13.1. The van der Waals surface area contributed by atoms with Crippen molar-refractivity contribution >= 4 is 7.26 Å². The number of rotatable bonds is 23. The van der Waals surface area contributed by atoms with Crippen LogP contribution < -0.4 is 0 Å². The second-order valence-corrected chi connectivity index (χ2v) is 17.1. The van der Waals surface area contributed by atoms with Gasteiger partial charge in [-0.3, -0.25) is 0 Å². The van der Waals surface area contributed by atoms with Gasteiger partial charge in [0.25, 0.3) is 0 Å². The van der Waals surface area contributed by atoms with Gasteiger partial charge >= 0.3 is 162 Å². The molecule has 0 spiro atoms. The average molecular weight is 457 g/mol. The molecule has 0 atom stereocenters. The maximum atomic E-state index is 2.47. The SMILES string of the molecule is CCCCCCCCCCCCCCCCCC[PH](CC(C)C)(CC(C)C)CC(C)C. The van der Waals surface area contributed by atoms with Crippen LogP contribution in [-0.2, 0) is 0 Å². The number of hydrogen-bond donors (Lipinski definition) is 0. The van der Waals surface area contributed by atoms with Crippen molar-refractivity contribution < 1.29 is 0 Å². The first-order valence-corrected chi connectivity index (χ1v) is 17.6. The van der Waals surface area contributed by atoms with Crippen molar-refractivity contribution in [2.45, 2.75) is 151 Å². The van der Waals surface area contributed by atoms with E-state index < -0.39 is 7.26 Å². The molecule has 0 nitrogen and oxygen atoms in total. The molecular weight excluding hydrogens is 391 g/mol. The third kappa shape index (κ3) is 20.7. The molecule has 0 rings (SSSR count). The van der Waals surface area contributed by atoms with Gasteiger partial charge in [0.05, 0.1) is 0 Å². The molecular formula is C30H65P. The Morgan fingerprint density at radius 3 is 0.903 bits per heavy atom. The van der Waals surface area contributed by atoms with Crippen LogP contribution in [0.4, 0.5) is 0 Å². The molecule has 0 aliphatic rings. The van der Waals surface area contributed by atoms with Crippen LogP contribution in [-0.4, -0.2) is 24.6 Å². The molecule has 0 aliphatic heterocycles. The Hall–Kier alpha value is 0.430. The maximum absolute atomic E-state index is 2.47. The minimum absolute atomic E-state index is 0.894. The topological polar surface area (TPSA) is 0 Å². The molecule has 0 saturated heterocycles. The Morgan fingerprint density at radius 2 is 0.645 bits per heavy atom. The summed E-state index contributed by atoms with van der Waals surface area (Å²) in [7, 11) is -1.09. The predicted molar refractivity (Wildman–Crippen MR) is 152 cm³/mol. The van der Waals surface area contributed by atoms with E-state index in [9.17, 15) is 0 Å². The van der Waals surface area contributed by atoms with Crippen molar-refractivity contribution in [3.8, 4) is 0 Å². The molecule has 0 fully saturated rings. The summed E-state index contributed by atoms with van der Waals surface area (Å²) in [5.41, 5.74) is 0. The van der Waals surface area contributed by atoms with E-state index in [2.05, 4.69) is 48.5 Å². The van der Waals surface area contributed by atoms with Crippen LogP contribution in [0.15, 0.2) is 0 Å². The molecule has 0 amide bonds. The summed E-state index contributed by atoms with van der Waals surface area (Å²) in [5.74, 6) is 2.68. The van der Waals surface area contributed by atoms with E-state index in [4.69, 9.17) is 0 Å². The van der Waals surface area contributed by atoms with Crippen LogP contribution in [0.1, 0.15) is 151 Å². The average Bonchev–Trinajstić information content (AvgIpc) is 2.66. The summed E-state index contributed by atoms with van der Waals surface area (Å²) in [6, 6.07) is 0. The molecule has 1 heteroatoms. The van der Waals surface area contributed by atoms with Gasteiger partial charge in [0, 0.05) is 0 Å². The van der Waals surface area contributed by atoms with Gasteiger partial charge in [-0.2, -0.15) is 0 Å². The Balaban J connectivity index is 3.78. The fourth-order valence-corrected chi connectivity index (χ4v) is 13.5. The van der Waals surface area contributed by atoms with Gasteiger partial charge in [-0.05, 0) is 0 Å². The molecule has 0 radical (unpaired) electrons. The van der Waals surface area contributed by atoms with Crippen molar-refractivity contribution in [2.75, 3.05) is 24.6 Å². The van der Waals surface area contributed by atoms with Crippen molar-refractivity contribution in [1.82, 2.24) is 0 Å². The molecule has 0 saturated carbocycles. The second kappa shape index (κ2) is 21.0. The third-order valence-electron chi connectivity index (χ3n) is 7.08. The minimum atomic E-state index is -1.09. The first kappa shape index (κ1) is 31.4. The molecule has 0 heterocycles. The summed E-state index contributed by atoms with van der Waals surface area (Å²) >= 11 is 0. The fourth-order valence-electron chi connectivity index (χ4n) is 6.20. The van der Waals surface area contributed by atoms with Crippen molar-refractivity contribution in [2.24, 2.45) is 17.8 Å². The van der Waals surface area contributed by atoms with Gasteiger partial charge in [-0.1, -0.05) is 39.0 Å². The molecule has 0 N–H and O–H groups in total. The molecule has 0 aromatic carbocycles. The zero-order valence-electron chi connectivity index (χ0n) is 23.4. The molecule has 0 aromatic rings. The first-order valence-electron chi connectivity index (χ1n) is 14.8. The van der Waals surface area contributed by atoms with Crippen LogP contribution in [0.25, 0.3) is 0 Å². The van der Waals surface area contributed by atoms with Gasteiger partial charge in [-0.15, -0.1) is 0 Å². The van der Waals surface area contributed by atoms with Gasteiger partial charge < -0.3 is 0 Å². The third-order valence-corrected chi connectivity index (χ3v) is 13.5. The zero-order valence-corrected chi connectivity index (χ0v) is 24.4. The van der Waals surface area contributed by atoms with Crippen LogP contribution in [0, 0.1) is 17.8 Å². The van der Waals surface area contributed by atoms with Crippen LogP contribution in [0.3, 0.4) is 0 Å². The van der Waals surface area contributed by atoms with E-state index in [0.717, 1.165) is 17.8 Å².